The minimum atomic E-state index is 0.00575. The summed E-state index contributed by atoms with van der Waals surface area (Å²) < 4.78 is 5.27. The zero-order chi connectivity index (χ0) is 20.9. The second-order valence-electron chi connectivity index (χ2n) is 7.69. The molecule has 1 aliphatic heterocycles. The van der Waals surface area contributed by atoms with Gasteiger partial charge in [-0.2, -0.15) is 0 Å². The summed E-state index contributed by atoms with van der Waals surface area (Å²) in [5, 5.41) is 3.41. The highest BCUT2D eigenvalue weighted by atomic mass is 16.3. The second-order valence-corrected chi connectivity index (χ2v) is 7.69. The van der Waals surface area contributed by atoms with Gasteiger partial charge in [-0.15, -0.1) is 0 Å². The van der Waals surface area contributed by atoms with Gasteiger partial charge in [-0.3, -0.25) is 9.78 Å². The molecule has 6 nitrogen and oxygen atoms in total. The molecule has 0 aromatic carbocycles. The summed E-state index contributed by atoms with van der Waals surface area (Å²) in [4.78, 5) is 23.7. The van der Waals surface area contributed by atoms with Gasteiger partial charge in [-0.05, 0) is 68.7 Å². The van der Waals surface area contributed by atoms with Gasteiger partial charge in [0.2, 0.25) is 5.91 Å². The predicted molar refractivity (Wildman–Crippen MR) is 118 cm³/mol. The first-order valence-electron chi connectivity index (χ1n) is 10.3. The molecule has 0 saturated carbocycles. The van der Waals surface area contributed by atoms with E-state index in [0.717, 1.165) is 47.8 Å². The third-order valence-electron chi connectivity index (χ3n) is 5.33. The third kappa shape index (κ3) is 4.76. The first-order chi connectivity index (χ1) is 14.6. The van der Waals surface area contributed by atoms with Crippen molar-refractivity contribution in [2.24, 2.45) is 0 Å². The molecule has 0 radical (unpaired) electrons. The summed E-state index contributed by atoms with van der Waals surface area (Å²) in [6.07, 6.45) is 8.66. The smallest absolute Gasteiger partial charge is 0.246 e. The lowest BCUT2D eigenvalue weighted by Crippen LogP contribution is -2.38. The Bertz CT molecular complexity index is 1040. The minimum Gasteiger partial charge on any atom is -0.465 e. The summed E-state index contributed by atoms with van der Waals surface area (Å²) >= 11 is 0. The number of nitrogens with zero attached hydrogens (tertiary/aromatic N) is 3. The van der Waals surface area contributed by atoms with Crippen molar-refractivity contribution < 1.29 is 9.21 Å². The lowest BCUT2D eigenvalue weighted by Gasteiger charge is -2.32. The summed E-state index contributed by atoms with van der Waals surface area (Å²) in [6, 6.07) is 11.7. The van der Waals surface area contributed by atoms with Crippen LogP contribution in [0.1, 0.15) is 41.5 Å². The van der Waals surface area contributed by atoms with Gasteiger partial charge in [0, 0.05) is 48.4 Å². The molecule has 0 aliphatic carbocycles. The van der Waals surface area contributed by atoms with Crippen LogP contribution in [0.5, 0.6) is 0 Å². The lowest BCUT2D eigenvalue weighted by molar-refractivity contribution is -0.127. The van der Waals surface area contributed by atoms with Crippen LogP contribution in [0.2, 0.25) is 0 Å². The Labute approximate surface area is 176 Å². The Morgan fingerprint density at radius 3 is 2.97 bits per heavy atom. The number of furan rings is 1. The van der Waals surface area contributed by atoms with E-state index in [0.29, 0.717) is 12.3 Å². The van der Waals surface area contributed by atoms with Gasteiger partial charge in [0.1, 0.15) is 11.6 Å². The fraction of sp³-hybridized carbons (Fsp3) is 0.292. The average molecular weight is 402 g/mol. The quantitative estimate of drug-likeness (QED) is 0.618. The van der Waals surface area contributed by atoms with Crippen LogP contribution < -0.4 is 5.32 Å². The maximum Gasteiger partial charge on any atom is 0.246 e. The zero-order valence-corrected chi connectivity index (χ0v) is 17.3. The van der Waals surface area contributed by atoms with Gasteiger partial charge in [0.15, 0.2) is 0 Å². The van der Waals surface area contributed by atoms with Crippen LogP contribution in [0.15, 0.2) is 59.4 Å². The third-order valence-corrected chi connectivity index (χ3v) is 5.33. The van der Waals surface area contributed by atoms with E-state index in [1.54, 1.807) is 24.6 Å². The Kier molecular flexibility index (Phi) is 5.93. The Morgan fingerprint density at radius 1 is 1.27 bits per heavy atom. The summed E-state index contributed by atoms with van der Waals surface area (Å²) in [5.41, 5.74) is 4.02. The molecule has 0 bridgehead atoms. The number of anilines is 2. The number of aryl methyl sites for hydroxylation is 2. The van der Waals surface area contributed by atoms with Crippen molar-refractivity contribution in [3.05, 3.63) is 77.6 Å². The van der Waals surface area contributed by atoms with Crippen LogP contribution >= 0.6 is 0 Å². The van der Waals surface area contributed by atoms with Crippen LogP contribution in [0, 0.1) is 13.8 Å². The first kappa shape index (κ1) is 19.9. The predicted octanol–water partition coefficient (Wildman–Crippen LogP) is 4.85. The van der Waals surface area contributed by atoms with Crippen molar-refractivity contribution in [1.29, 1.82) is 0 Å². The van der Waals surface area contributed by atoms with Gasteiger partial charge in [-0.1, -0.05) is 6.07 Å². The normalized spacial score (nSPS) is 16.7. The Balaban J connectivity index is 1.48. The minimum absolute atomic E-state index is 0.00575. The number of rotatable bonds is 5. The molecule has 1 N–H and O–H groups in total. The number of hydrogen-bond acceptors (Lipinski definition) is 5. The van der Waals surface area contributed by atoms with Crippen LogP contribution in [0.3, 0.4) is 0 Å². The maximum absolute atomic E-state index is 12.6. The summed E-state index contributed by atoms with van der Waals surface area (Å²) in [6.45, 7) is 5.46. The molecule has 154 valence electrons. The number of piperidine rings is 1. The summed E-state index contributed by atoms with van der Waals surface area (Å²) in [5.74, 6) is 1.74. The van der Waals surface area contributed by atoms with E-state index in [9.17, 15) is 4.79 Å². The first-order valence-corrected chi connectivity index (χ1v) is 10.3. The highest BCUT2D eigenvalue weighted by Crippen LogP contribution is 2.29. The Morgan fingerprint density at radius 2 is 2.17 bits per heavy atom. The van der Waals surface area contributed by atoms with E-state index in [-0.39, 0.29) is 11.8 Å². The molecular formula is C24H26N4O2. The van der Waals surface area contributed by atoms with E-state index in [2.05, 4.69) is 16.4 Å². The number of likely N-dealkylation sites (tertiary alicyclic amines) is 1. The van der Waals surface area contributed by atoms with E-state index in [1.165, 1.54) is 0 Å². The molecule has 1 saturated heterocycles. The second kappa shape index (κ2) is 8.95. The van der Waals surface area contributed by atoms with Crippen molar-refractivity contribution in [1.82, 2.24) is 14.9 Å². The molecule has 4 rings (SSSR count). The molecule has 4 heterocycles. The average Bonchev–Trinajstić information content (AvgIpc) is 3.27. The fourth-order valence-corrected chi connectivity index (χ4v) is 3.79. The van der Waals surface area contributed by atoms with Gasteiger partial charge in [0.25, 0.3) is 0 Å². The molecular weight excluding hydrogens is 376 g/mol. The highest BCUT2D eigenvalue weighted by molar-refractivity contribution is 5.91. The molecule has 1 aliphatic rings. The standard InChI is InChI=1S/C24H26N4O2/c1-17-6-3-11-25-24(17)27-20-14-18(2)26-22(15-20)19-7-4-12-28(16-19)23(29)10-9-21-8-5-13-30-21/h3,5-6,8-11,13-15,19H,4,7,12,16H2,1-2H3,(H,25,26,27). The van der Waals surface area contributed by atoms with Crippen LogP contribution in [0.25, 0.3) is 6.08 Å². The van der Waals surface area contributed by atoms with E-state index >= 15 is 0 Å². The van der Waals surface area contributed by atoms with Gasteiger partial charge < -0.3 is 14.6 Å². The summed E-state index contributed by atoms with van der Waals surface area (Å²) in [7, 11) is 0. The van der Waals surface area contributed by atoms with Crippen molar-refractivity contribution in [2.45, 2.75) is 32.6 Å². The molecule has 30 heavy (non-hydrogen) atoms. The number of nitrogens with one attached hydrogen (secondary N) is 1. The fourth-order valence-electron chi connectivity index (χ4n) is 3.79. The molecule has 6 heteroatoms. The number of carbonyl (C=O) groups excluding carboxylic acids is 1. The highest BCUT2D eigenvalue weighted by Gasteiger charge is 2.25. The molecule has 0 spiro atoms. The van der Waals surface area contributed by atoms with Gasteiger partial charge in [0.05, 0.1) is 6.26 Å². The number of aromatic nitrogens is 2. The number of pyridine rings is 2. The van der Waals surface area contributed by atoms with E-state index < -0.39 is 0 Å². The monoisotopic (exact) mass is 402 g/mol. The van der Waals surface area contributed by atoms with E-state index in [4.69, 9.17) is 9.40 Å². The molecule has 1 unspecified atom stereocenters. The molecule has 1 fully saturated rings. The maximum atomic E-state index is 12.6. The zero-order valence-electron chi connectivity index (χ0n) is 17.3. The van der Waals surface area contributed by atoms with E-state index in [1.807, 2.05) is 49.1 Å². The van der Waals surface area contributed by atoms with Crippen molar-refractivity contribution in [3.63, 3.8) is 0 Å². The molecule has 3 aromatic heterocycles. The topological polar surface area (TPSA) is 71.3 Å². The van der Waals surface area contributed by atoms with Crippen molar-refractivity contribution in [3.8, 4) is 0 Å². The van der Waals surface area contributed by atoms with Crippen LogP contribution in [0.4, 0.5) is 11.5 Å². The van der Waals surface area contributed by atoms with Crippen LogP contribution in [-0.4, -0.2) is 33.9 Å². The number of carbonyl (C=O) groups is 1. The van der Waals surface area contributed by atoms with Gasteiger partial charge >= 0.3 is 0 Å². The van der Waals surface area contributed by atoms with Crippen molar-refractivity contribution in [2.75, 3.05) is 18.4 Å². The largest absolute Gasteiger partial charge is 0.465 e. The van der Waals surface area contributed by atoms with Crippen LogP contribution in [-0.2, 0) is 4.79 Å². The van der Waals surface area contributed by atoms with Crippen molar-refractivity contribution >= 4 is 23.5 Å². The lowest BCUT2D eigenvalue weighted by atomic mass is 9.93. The number of amides is 1. The van der Waals surface area contributed by atoms with Gasteiger partial charge in [-0.25, -0.2) is 4.98 Å². The Hall–Kier alpha value is -3.41. The number of hydrogen-bond donors (Lipinski definition) is 1. The SMILES string of the molecule is Cc1cc(Nc2ncccc2C)cc(C2CCCN(C(=O)C=Cc3ccco3)C2)n1. The molecule has 1 atom stereocenters. The molecule has 1 amide bonds. The molecule has 3 aromatic rings.